The van der Waals surface area contributed by atoms with Gasteiger partial charge >= 0.3 is 5.97 Å². The first-order chi connectivity index (χ1) is 10.9. The van der Waals surface area contributed by atoms with Crippen molar-refractivity contribution in [1.82, 2.24) is 0 Å². The van der Waals surface area contributed by atoms with Gasteiger partial charge < -0.3 is 9.47 Å². The molecule has 0 amide bonds. The lowest BCUT2D eigenvalue weighted by Crippen LogP contribution is -2.19. The molecular formula is C19H20O4. The third kappa shape index (κ3) is 4.19. The maximum atomic E-state index is 12.0. The van der Waals surface area contributed by atoms with Crippen LogP contribution in [0.2, 0.25) is 0 Å². The molecule has 0 saturated heterocycles. The second-order valence-corrected chi connectivity index (χ2v) is 5.50. The minimum absolute atomic E-state index is 0.0518. The van der Waals surface area contributed by atoms with Crippen molar-refractivity contribution in [2.45, 2.75) is 27.7 Å². The van der Waals surface area contributed by atoms with Crippen molar-refractivity contribution in [2.75, 3.05) is 6.61 Å². The molecule has 2 aromatic rings. The molecule has 0 aliphatic carbocycles. The Morgan fingerprint density at radius 2 is 1.70 bits per heavy atom. The number of ketones is 1. The monoisotopic (exact) mass is 312 g/mol. The molecule has 0 aliphatic rings. The van der Waals surface area contributed by atoms with E-state index >= 15 is 0 Å². The molecule has 0 N–H and O–H groups in total. The van der Waals surface area contributed by atoms with Crippen LogP contribution < -0.4 is 9.47 Å². The predicted molar refractivity (Wildman–Crippen MR) is 88.2 cm³/mol. The van der Waals surface area contributed by atoms with Gasteiger partial charge in [-0.3, -0.25) is 4.79 Å². The zero-order valence-electron chi connectivity index (χ0n) is 13.8. The fraction of sp³-hybridized carbons (Fsp3) is 0.263. The first kappa shape index (κ1) is 16.7. The van der Waals surface area contributed by atoms with Crippen LogP contribution >= 0.6 is 0 Å². The van der Waals surface area contributed by atoms with Gasteiger partial charge in [-0.1, -0.05) is 24.3 Å². The van der Waals surface area contributed by atoms with Crippen molar-refractivity contribution in [3.05, 3.63) is 58.7 Å². The normalized spacial score (nSPS) is 10.3. The summed E-state index contributed by atoms with van der Waals surface area (Å²) in [6.07, 6.45) is 0. The van der Waals surface area contributed by atoms with Crippen molar-refractivity contribution in [1.29, 1.82) is 0 Å². The van der Waals surface area contributed by atoms with E-state index in [9.17, 15) is 9.59 Å². The van der Waals surface area contributed by atoms with Crippen LogP contribution in [0.5, 0.6) is 11.5 Å². The highest BCUT2D eigenvalue weighted by molar-refractivity contribution is 5.94. The summed E-state index contributed by atoms with van der Waals surface area (Å²) in [6, 6.07) is 10.6. The molecule has 0 heterocycles. The summed E-state index contributed by atoms with van der Waals surface area (Å²) >= 11 is 0. The number of aryl methyl sites for hydroxylation is 2. The highest BCUT2D eigenvalue weighted by Crippen LogP contribution is 2.25. The molecule has 120 valence electrons. The predicted octanol–water partition coefficient (Wildman–Crippen LogP) is 3.80. The Kier molecular flexibility index (Phi) is 5.16. The van der Waals surface area contributed by atoms with Crippen molar-refractivity contribution in [3.8, 4) is 11.5 Å². The summed E-state index contributed by atoms with van der Waals surface area (Å²) in [5, 5.41) is 0. The highest BCUT2D eigenvalue weighted by atomic mass is 16.6. The van der Waals surface area contributed by atoms with Crippen LogP contribution in [0, 0.1) is 20.8 Å². The van der Waals surface area contributed by atoms with Gasteiger partial charge in [0.25, 0.3) is 0 Å². The first-order valence-corrected chi connectivity index (χ1v) is 7.39. The summed E-state index contributed by atoms with van der Waals surface area (Å²) in [5.41, 5.74) is 3.45. The molecular weight excluding hydrogens is 292 g/mol. The number of hydrogen-bond donors (Lipinski definition) is 0. The van der Waals surface area contributed by atoms with Gasteiger partial charge in [0, 0.05) is 5.56 Å². The van der Waals surface area contributed by atoms with E-state index in [1.165, 1.54) is 6.92 Å². The highest BCUT2D eigenvalue weighted by Gasteiger charge is 2.12. The van der Waals surface area contributed by atoms with E-state index < -0.39 is 5.97 Å². The molecule has 2 rings (SSSR count). The summed E-state index contributed by atoms with van der Waals surface area (Å²) in [7, 11) is 0. The molecule has 0 atom stereocenters. The van der Waals surface area contributed by atoms with E-state index in [1.54, 1.807) is 24.3 Å². The van der Waals surface area contributed by atoms with E-state index in [2.05, 4.69) is 0 Å². The number of carbonyl (C=O) groups excluding carboxylic acids is 2. The standard InChI is InChI=1S/C19H20O4/c1-12-8-9-13(2)19(14(12)3)23-18(21)11-22-17-7-5-6-16(10-17)15(4)20/h5-10H,11H2,1-4H3. The minimum atomic E-state index is -0.477. The topological polar surface area (TPSA) is 52.6 Å². The Morgan fingerprint density at radius 3 is 2.39 bits per heavy atom. The van der Waals surface area contributed by atoms with Crippen LogP contribution in [0.4, 0.5) is 0 Å². The Balaban J connectivity index is 2.02. The molecule has 0 unspecified atom stereocenters. The third-order valence-electron chi connectivity index (χ3n) is 3.69. The minimum Gasteiger partial charge on any atom is -0.482 e. The molecule has 4 nitrogen and oxygen atoms in total. The van der Waals surface area contributed by atoms with Gasteiger partial charge in [-0.05, 0) is 56.5 Å². The van der Waals surface area contributed by atoms with Crippen molar-refractivity contribution in [3.63, 3.8) is 0 Å². The van der Waals surface area contributed by atoms with Gasteiger partial charge in [-0.2, -0.15) is 0 Å². The maximum absolute atomic E-state index is 12.0. The lowest BCUT2D eigenvalue weighted by Gasteiger charge is -2.13. The van der Waals surface area contributed by atoms with E-state index in [4.69, 9.17) is 9.47 Å². The molecule has 0 aromatic heterocycles. The second kappa shape index (κ2) is 7.09. The fourth-order valence-corrected chi connectivity index (χ4v) is 2.17. The summed E-state index contributed by atoms with van der Waals surface area (Å²) in [5.74, 6) is 0.516. The molecule has 0 spiro atoms. The van der Waals surface area contributed by atoms with Crippen LogP contribution in [-0.4, -0.2) is 18.4 Å². The summed E-state index contributed by atoms with van der Waals surface area (Å²) in [6.45, 7) is 7.05. The van der Waals surface area contributed by atoms with Crippen LogP contribution in [-0.2, 0) is 4.79 Å². The van der Waals surface area contributed by atoms with Gasteiger partial charge in [0.15, 0.2) is 12.4 Å². The molecule has 23 heavy (non-hydrogen) atoms. The van der Waals surface area contributed by atoms with E-state index in [0.29, 0.717) is 17.1 Å². The van der Waals surface area contributed by atoms with Crippen LogP contribution in [0.1, 0.15) is 34.0 Å². The van der Waals surface area contributed by atoms with Gasteiger partial charge in [-0.25, -0.2) is 4.79 Å². The van der Waals surface area contributed by atoms with Gasteiger partial charge in [0.05, 0.1) is 0 Å². The van der Waals surface area contributed by atoms with Gasteiger partial charge in [-0.15, -0.1) is 0 Å². The van der Waals surface area contributed by atoms with Crippen LogP contribution in [0.3, 0.4) is 0 Å². The Bertz CT molecular complexity index is 747. The van der Waals surface area contributed by atoms with Gasteiger partial charge in [0.1, 0.15) is 11.5 Å². The molecule has 0 saturated carbocycles. The lowest BCUT2D eigenvalue weighted by atomic mass is 10.1. The molecule has 0 fully saturated rings. The molecule has 2 aromatic carbocycles. The van der Waals surface area contributed by atoms with E-state index in [1.807, 2.05) is 32.9 Å². The van der Waals surface area contributed by atoms with Crippen molar-refractivity contribution in [2.24, 2.45) is 0 Å². The number of carbonyl (C=O) groups is 2. The van der Waals surface area contributed by atoms with E-state index in [0.717, 1.165) is 16.7 Å². The molecule has 0 aliphatic heterocycles. The number of benzene rings is 2. The zero-order valence-corrected chi connectivity index (χ0v) is 13.8. The SMILES string of the molecule is CC(=O)c1cccc(OCC(=O)Oc2c(C)ccc(C)c2C)c1. The molecule has 4 heteroatoms. The smallest absolute Gasteiger partial charge is 0.349 e. The largest absolute Gasteiger partial charge is 0.482 e. The van der Waals surface area contributed by atoms with Crippen molar-refractivity contribution >= 4 is 11.8 Å². The second-order valence-electron chi connectivity index (χ2n) is 5.50. The number of ether oxygens (including phenoxy) is 2. The van der Waals surface area contributed by atoms with Crippen LogP contribution in [0.25, 0.3) is 0 Å². The Labute approximate surface area is 136 Å². The fourth-order valence-electron chi connectivity index (χ4n) is 2.17. The average molecular weight is 312 g/mol. The van der Waals surface area contributed by atoms with Gasteiger partial charge in [0.2, 0.25) is 0 Å². The van der Waals surface area contributed by atoms with Crippen LogP contribution in [0.15, 0.2) is 36.4 Å². The number of rotatable bonds is 5. The number of hydrogen-bond acceptors (Lipinski definition) is 4. The molecule has 0 radical (unpaired) electrons. The zero-order chi connectivity index (χ0) is 17.0. The van der Waals surface area contributed by atoms with Crippen molar-refractivity contribution < 1.29 is 19.1 Å². The average Bonchev–Trinajstić information content (AvgIpc) is 2.53. The maximum Gasteiger partial charge on any atom is 0.349 e. The Morgan fingerprint density at radius 1 is 1.00 bits per heavy atom. The Hall–Kier alpha value is -2.62. The van der Waals surface area contributed by atoms with E-state index in [-0.39, 0.29) is 12.4 Å². The third-order valence-corrected chi connectivity index (χ3v) is 3.69. The number of esters is 1. The number of Topliss-reactive ketones (excluding diaryl/α,β-unsaturated/α-hetero) is 1. The lowest BCUT2D eigenvalue weighted by molar-refractivity contribution is -0.136. The quantitative estimate of drug-likeness (QED) is 0.479. The summed E-state index contributed by atoms with van der Waals surface area (Å²) < 4.78 is 10.8. The first-order valence-electron chi connectivity index (χ1n) is 7.39. The molecule has 0 bridgehead atoms. The summed E-state index contributed by atoms with van der Waals surface area (Å²) in [4.78, 5) is 23.3.